The Hall–Kier alpha value is -3.57. The third-order valence-corrected chi connectivity index (χ3v) is 8.19. The molecule has 0 heterocycles. The van der Waals surface area contributed by atoms with Crippen LogP contribution in [0.5, 0.6) is 0 Å². The molecule has 0 aliphatic heterocycles. The van der Waals surface area contributed by atoms with E-state index in [1.165, 1.54) is 42.2 Å². The van der Waals surface area contributed by atoms with Crippen molar-refractivity contribution in [3.05, 3.63) is 95.0 Å². The first-order chi connectivity index (χ1) is 19.2. The van der Waals surface area contributed by atoms with Gasteiger partial charge in [0.2, 0.25) is 11.8 Å². The third kappa shape index (κ3) is 8.46. The first-order valence-corrected chi connectivity index (χ1v) is 14.6. The molecule has 0 saturated carbocycles. The van der Waals surface area contributed by atoms with E-state index in [1.54, 1.807) is 30.3 Å². The molecule has 2 amide bonds. The fourth-order valence-electron chi connectivity index (χ4n) is 3.95. The van der Waals surface area contributed by atoms with E-state index in [0.717, 1.165) is 12.1 Å². The van der Waals surface area contributed by atoms with Gasteiger partial charge >= 0.3 is 6.18 Å². The van der Waals surface area contributed by atoms with Crippen LogP contribution in [-0.2, 0) is 32.3 Å². The van der Waals surface area contributed by atoms with Crippen LogP contribution in [0.25, 0.3) is 0 Å². The molecule has 0 fully saturated rings. The van der Waals surface area contributed by atoms with Gasteiger partial charge in [-0.25, -0.2) is 8.42 Å². The van der Waals surface area contributed by atoms with Crippen molar-refractivity contribution in [2.75, 3.05) is 17.4 Å². The number of hydrogen-bond acceptors (Lipinski definition) is 4. The summed E-state index contributed by atoms with van der Waals surface area (Å²) in [5, 5.41) is 3.16. The van der Waals surface area contributed by atoms with E-state index in [-0.39, 0.29) is 23.0 Å². The van der Waals surface area contributed by atoms with Gasteiger partial charge in [-0.15, -0.1) is 0 Å². The fourth-order valence-corrected chi connectivity index (χ4v) is 5.59. The first kappa shape index (κ1) is 32.0. The Balaban J connectivity index is 2.06. The van der Waals surface area contributed by atoms with Crippen LogP contribution in [0.1, 0.15) is 31.9 Å². The Morgan fingerprint density at radius 1 is 0.927 bits per heavy atom. The molecule has 41 heavy (non-hydrogen) atoms. The Bertz CT molecular complexity index is 1470. The second kappa shape index (κ2) is 13.4. The molecule has 0 radical (unpaired) electrons. The van der Waals surface area contributed by atoms with Gasteiger partial charge in [0.05, 0.1) is 16.1 Å². The van der Waals surface area contributed by atoms with Gasteiger partial charge in [0.25, 0.3) is 10.0 Å². The zero-order valence-electron chi connectivity index (χ0n) is 22.7. The van der Waals surface area contributed by atoms with Gasteiger partial charge in [0.15, 0.2) is 0 Å². The smallest absolute Gasteiger partial charge is 0.354 e. The van der Waals surface area contributed by atoms with Gasteiger partial charge < -0.3 is 10.2 Å². The molecule has 0 aromatic heterocycles. The first-order valence-electron chi connectivity index (χ1n) is 12.8. The molecule has 3 aromatic rings. The predicted octanol–water partition coefficient (Wildman–Crippen LogP) is 5.74. The number of carbonyl (C=O) groups is 2. The summed E-state index contributed by atoms with van der Waals surface area (Å²) < 4.78 is 68.7. The van der Waals surface area contributed by atoms with Crippen molar-refractivity contribution in [3.63, 3.8) is 0 Å². The number of rotatable bonds is 11. The van der Waals surface area contributed by atoms with E-state index in [2.05, 4.69) is 5.32 Å². The lowest BCUT2D eigenvalue weighted by Crippen LogP contribution is -2.51. The SMILES string of the molecule is CC(C)CNC(=O)[C@H](C)N(Cc1cccc(Cl)c1)C(=O)CN(c1cccc(C(F)(F)F)c1)S(=O)(=O)c1ccccc1. The molecular weight excluding hydrogens is 579 g/mol. The van der Waals surface area contributed by atoms with E-state index in [9.17, 15) is 31.2 Å². The highest BCUT2D eigenvalue weighted by atomic mass is 35.5. The molecule has 1 atom stereocenters. The molecule has 0 bridgehead atoms. The number of amides is 2. The van der Waals surface area contributed by atoms with Crippen molar-refractivity contribution in [2.45, 2.75) is 44.4 Å². The van der Waals surface area contributed by atoms with Crippen molar-refractivity contribution >= 4 is 39.1 Å². The molecule has 0 unspecified atom stereocenters. The maximum absolute atomic E-state index is 13.8. The Morgan fingerprint density at radius 2 is 1.59 bits per heavy atom. The molecule has 1 N–H and O–H groups in total. The van der Waals surface area contributed by atoms with Crippen LogP contribution in [0.4, 0.5) is 18.9 Å². The second-order valence-corrected chi connectivity index (χ2v) is 12.1. The molecule has 0 aliphatic rings. The molecule has 12 heteroatoms. The zero-order valence-corrected chi connectivity index (χ0v) is 24.3. The van der Waals surface area contributed by atoms with Crippen LogP contribution in [0, 0.1) is 5.92 Å². The van der Waals surface area contributed by atoms with Gasteiger partial charge in [-0.2, -0.15) is 13.2 Å². The van der Waals surface area contributed by atoms with Crippen LogP contribution in [0.15, 0.2) is 83.8 Å². The molecule has 3 aromatic carbocycles. The lowest BCUT2D eigenvalue weighted by molar-refractivity contribution is -0.139. The lowest BCUT2D eigenvalue weighted by atomic mass is 10.1. The minimum Gasteiger partial charge on any atom is -0.354 e. The Labute approximate surface area is 243 Å². The van der Waals surface area contributed by atoms with Crippen LogP contribution < -0.4 is 9.62 Å². The van der Waals surface area contributed by atoms with Crippen molar-refractivity contribution in [1.82, 2.24) is 10.2 Å². The van der Waals surface area contributed by atoms with Crippen LogP contribution >= 0.6 is 11.6 Å². The summed E-state index contributed by atoms with van der Waals surface area (Å²) >= 11 is 6.12. The van der Waals surface area contributed by atoms with E-state index in [1.807, 2.05) is 13.8 Å². The maximum atomic E-state index is 13.8. The number of benzene rings is 3. The number of nitrogens with zero attached hydrogens (tertiary/aromatic N) is 2. The van der Waals surface area contributed by atoms with Crippen LogP contribution in [0.2, 0.25) is 5.02 Å². The summed E-state index contributed by atoms with van der Waals surface area (Å²) in [5.41, 5.74) is -0.851. The van der Waals surface area contributed by atoms with Crippen LogP contribution in [0.3, 0.4) is 0 Å². The predicted molar refractivity (Wildman–Crippen MR) is 152 cm³/mol. The Kier molecular flexibility index (Phi) is 10.4. The van der Waals surface area contributed by atoms with Gasteiger partial charge in [0.1, 0.15) is 12.6 Å². The summed E-state index contributed by atoms with van der Waals surface area (Å²) in [6.07, 6.45) is -4.75. The summed E-state index contributed by atoms with van der Waals surface area (Å²) in [4.78, 5) is 27.8. The number of nitrogens with one attached hydrogen (secondary N) is 1. The van der Waals surface area contributed by atoms with Crippen molar-refractivity contribution < 1.29 is 31.2 Å². The number of halogens is 4. The normalized spacial score (nSPS) is 12.6. The highest BCUT2D eigenvalue weighted by Crippen LogP contribution is 2.33. The number of hydrogen-bond donors (Lipinski definition) is 1. The minimum atomic E-state index is -4.75. The minimum absolute atomic E-state index is 0.0997. The largest absolute Gasteiger partial charge is 0.416 e. The highest BCUT2D eigenvalue weighted by Gasteiger charge is 2.35. The van der Waals surface area contributed by atoms with Gasteiger partial charge in [-0.1, -0.05) is 61.8 Å². The van der Waals surface area contributed by atoms with Gasteiger partial charge in [0, 0.05) is 18.1 Å². The van der Waals surface area contributed by atoms with E-state index < -0.39 is 46.2 Å². The standard InChI is InChI=1S/C29H31ClF3N3O4S/c1-20(2)17-34-28(38)21(3)35(18-22-9-7-11-24(30)15-22)27(37)19-36(41(39,40)26-13-5-4-6-14-26)25-12-8-10-23(16-25)29(31,32)33/h4-16,20-21H,17-19H2,1-3H3,(H,34,38)/t21-/m0/s1. The number of sulfonamides is 1. The summed E-state index contributed by atoms with van der Waals surface area (Å²) in [6.45, 7) is 4.69. The quantitative estimate of drug-likeness (QED) is 0.300. The number of alkyl halides is 3. The molecule has 3 rings (SSSR count). The fraction of sp³-hybridized carbons (Fsp3) is 0.310. The van der Waals surface area contributed by atoms with Gasteiger partial charge in [-0.3, -0.25) is 13.9 Å². The topological polar surface area (TPSA) is 86.8 Å². The van der Waals surface area contributed by atoms with E-state index >= 15 is 0 Å². The zero-order chi connectivity index (χ0) is 30.4. The third-order valence-electron chi connectivity index (χ3n) is 6.17. The Morgan fingerprint density at radius 3 is 2.20 bits per heavy atom. The monoisotopic (exact) mass is 609 g/mol. The van der Waals surface area contributed by atoms with Crippen molar-refractivity contribution in [1.29, 1.82) is 0 Å². The second-order valence-electron chi connectivity index (χ2n) is 9.84. The van der Waals surface area contributed by atoms with E-state index in [0.29, 0.717) is 27.5 Å². The number of carbonyl (C=O) groups excluding carboxylic acids is 2. The molecular formula is C29H31ClF3N3O4S. The lowest BCUT2D eigenvalue weighted by Gasteiger charge is -2.32. The summed E-state index contributed by atoms with van der Waals surface area (Å²) in [6, 6.07) is 16.4. The van der Waals surface area contributed by atoms with Gasteiger partial charge in [-0.05, 0) is 60.9 Å². The van der Waals surface area contributed by atoms with Crippen LogP contribution in [-0.4, -0.2) is 44.3 Å². The van der Waals surface area contributed by atoms with Crippen molar-refractivity contribution in [3.8, 4) is 0 Å². The molecule has 220 valence electrons. The highest BCUT2D eigenvalue weighted by molar-refractivity contribution is 7.92. The summed E-state index contributed by atoms with van der Waals surface area (Å²) in [5.74, 6) is -1.13. The average Bonchev–Trinajstić information content (AvgIpc) is 2.92. The van der Waals surface area contributed by atoms with Crippen molar-refractivity contribution in [2.24, 2.45) is 5.92 Å². The maximum Gasteiger partial charge on any atom is 0.416 e. The summed E-state index contributed by atoms with van der Waals surface area (Å²) in [7, 11) is -4.50. The number of anilines is 1. The average molecular weight is 610 g/mol. The van der Waals surface area contributed by atoms with E-state index in [4.69, 9.17) is 11.6 Å². The molecule has 0 spiro atoms. The molecule has 7 nitrogen and oxygen atoms in total. The molecule has 0 saturated heterocycles. The molecule has 0 aliphatic carbocycles.